The first kappa shape index (κ1) is 14.3. The summed E-state index contributed by atoms with van der Waals surface area (Å²) in [5.41, 5.74) is 1.98. The van der Waals surface area contributed by atoms with Crippen LogP contribution in [0.1, 0.15) is 22.8 Å². The lowest BCUT2D eigenvalue weighted by atomic mass is 10.00. The molecule has 0 aliphatic heterocycles. The predicted molar refractivity (Wildman–Crippen MR) is 76.3 cm³/mol. The second kappa shape index (κ2) is 5.91. The van der Waals surface area contributed by atoms with Crippen molar-refractivity contribution >= 4 is 23.2 Å². The van der Waals surface area contributed by atoms with E-state index in [9.17, 15) is 9.50 Å². The van der Waals surface area contributed by atoms with Crippen molar-refractivity contribution in [2.45, 2.75) is 19.4 Å². The zero-order valence-corrected chi connectivity index (χ0v) is 11.8. The second-order valence-corrected chi connectivity index (χ2v) is 5.26. The third-order valence-electron chi connectivity index (χ3n) is 3.01. The normalized spacial score (nSPS) is 12.5. The Morgan fingerprint density at radius 2 is 1.89 bits per heavy atom. The molecule has 0 bridgehead atoms. The second-order valence-electron chi connectivity index (χ2n) is 4.44. The Balaban J connectivity index is 2.23. The highest BCUT2D eigenvalue weighted by Crippen LogP contribution is 2.26. The molecule has 2 aromatic rings. The van der Waals surface area contributed by atoms with Gasteiger partial charge in [-0.1, -0.05) is 47.5 Å². The summed E-state index contributed by atoms with van der Waals surface area (Å²) in [4.78, 5) is 0. The maximum Gasteiger partial charge on any atom is 0.145 e. The number of hydrogen-bond acceptors (Lipinski definition) is 1. The molecular formula is C15H13Cl2FO. The van der Waals surface area contributed by atoms with E-state index >= 15 is 0 Å². The van der Waals surface area contributed by atoms with Crippen LogP contribution in [0.2, 0.25) is 10.0 Å². The Kier molecular flexibility index (Phi) is 4.46. The van der Waals surface area contributed by atoms with Gasteiger partial charge in [0.25, 0.3) is 0 Å². The van der Waals surface area contributed by atoms with E-state index in [0.29, 0.717) is 16.1 Å². The number of aliphatic hydroxyl groups is 1. The molecule has 2 rings (SSSR count). The molecule has 0 spiro atoms. The van der Waals surface area contributed by atoms with Gasteiger partial charge in [0.1, 0.15) is 5.82 Å². The van der Waals surface area contributed by atoms with Crippen molar-refractivity contribution in [2.24, 2.45) is 0 Å². The van der Waals surface area contributed by atoms with Gasteiger partial charge in [0.15, 0.2) is 0 Å². The molecule has 0 aliphatic rings. The number of rotatable bonds is 3. The van der Waals surface area contributed by atoms with Crippen LogP contribution >= 0.6 is 23.2 Å². The standard InChI is InChI=1S/C15H13Cl2FO/c1-9-7-10(5-6-12(9)16)14(19)8-11-3-2-4-13(17)15(11)18/h2-7,14,19H,8H2,1H3. The zero-order valence-electron chi connectivity index (χ0n) is 10.3. The smallest absolute Gasteiger partial charge is 0.145 e. The predicted octanol–water partition coefficient (Wildman–Crippen LogP) is 4.72. The van der Waals surface area contributed by atoms with Crippen LogP contribution in [-0.2, 0) is 6.42 Å². The van der Waals surface area contributed by atoms with Crippen LogP contribution in [0.5, 0.6) is 0 Å². The monoisotopic (exact) mass is 298 g/mol. The van der Waals surface area contributed by atoms with Crippen LogP contribution < -0.4 is 0 Å². The molecule has 0 aliphatic carbocycles. The van der Waals surface area contributed by atoms with Gasteiger partial charge in [-0.2, -0.15) is 0 Å². The average Bonchev–Trinajstić information content (AvgIpc) is 2.38. The minimum Gasteiger partial charge on any atom is -0.388 e. The molecule has 100 valence electrons. The molecule has 1 atom stereocenters. The van der Waals surface area contributed by atoms with Crippen LogP contribution in [0.25, 0.3) is 0 Å². The van der Waals surface area contributed by atoms with Crippen molar-refractivity contribution < 1.29 is 9.50 Å². The van der Waals surface area contributed by atoms with Crippen LogP contribution in [0, 0.1) is 12.7 Å². The molecule has 1 N–H and O–H groups in total. The molecule has 4 heteroatoms. The van der Waals surface area contributed by atoms with E-state index in [0.717, 1.165) is 5.56 Å². The van der Waals surface area contributed by atoms with Gasteiger partial charge in [0.05, 0.1) is 11.1 Å². The summed E-state index contributed by atoms with van der Waals surface area (Å²) in [5.74, 6) is -0.478. The molecular weight excluding hydrogens is 286 g/mol. The SMILES string of the molecule is Cc1cc(C(O)Cc2cccc(Cl)c2F)ccc1Cl. The molecule has 0 aromatic heterocycles. The van der Waals surface area contributed by atoms with Crippen LogP contribution in [0.4, 0.5) is 4.39 Å². The fourth-order valence-corrected chi connectivity index (χ4v) is 2.22. The third-order valence-corrected chi connectivity index (χ3v) is 3.73. The van der Waals surface area contributed by atoms with Gasteiger partial charge in [-0.15, -0.1) is 0 Å². The molecule has 2 aromatic carbocycles. The maximum absolute atomic E-state index is 13.8. The number of halogens is 3. The van der Waals surface area contributed by atoms with Gasteiger partial charge in [0, 0.05) is 11.4 Å². The number of aliphatic hydroxyl groups excluding tert-OH is 1. The first-order valence-electron chi connectivity index (χ1n) is 5.86. The van der Waals surface area contributed by atoms with Crippen molar-refractivity contribution in [1.82, 2.24) is 0 Å². The van der Waals surface area contributed by atoms with E-state index in [2.05, 4.69) is 0 Å². The fourth-order valence-electron chi connectivity index (χ4n) is 1.91. The minimum atomic E-state index is -0.788. The van der Waals surface area contributed by atoms with Gasteiger partial charge < -0.3 is 5.11 Å². The summed E-state index contributed by atoms with van der Waals surface area (Å²) < 4.78 is 13.8. The van der Waals surface area contributed by atoms with Gasteiger partial charge in [0.2, 0.25) is 0 Å². The molecule has 0 amide bonds. The van der Waals surface area contributed by atoms with E-state index < -0.39 is 11.9 Å². The van der Waals surface area contributed by atoms with Crippen LogP contribution in [0.15, 0.2) is 36.4 Å². The summed E-state index contributed by atoms with van der Waals surface area (Å²) in [6.45, 7) is 1.86. The van der Waals surface area contributed by atoms with E-state index in [1.807, 2.05) is 6.92 Å². The summed E-state index contributed by atoms with van der Waals surface area (Å²) in [6, 6.07) is 10.0. The van der Waals surface area contributed by atoms with Gasteiger partial charge in [-0.25, -0.2) is 4.39 Å². The quantitative estimate of drug-likeness (QED) is 0.869. The lowest BCUT2D eigenvalue weighted by Crippen LogP contribution is -2.04. The van der Waals surface area contributed by atoms with Crippen LogP contribution in [-0.4, -0.2) is 5.11 Å². The largest absolute Gasteiger partial charge is 0.388 e. The molecule has 0 fully saturated rings. The summed E-state index contributed by atoms with van der Waals surface area (Å²) in [7, 11) is 0. The van der Waals surface area contributed by atoms with E-state index in [-0.39, 0.29) is 11.4 Å². The topological polar surface area (TPSA) is 20.2 Å². The highest BCUT2D eigenvalue weighted by molar-refractivity contribution is 6.31. The zero-order chi connectivity index (χ0) is 14.0. The molecule has 0 heterocycles. The average molecular weight is 299 g/mol. The maximum atomic E-state index is 13.8. The van der Waals surface area contributed by atoms with Crippen molar-refractivity contribution in [3.63, 3.8) is 0 Å². The van der Waals surface area contributed by atoms with Crippen molar-refractivity contribution in [2.75, 3.05) is 0 Å². The van der Waals surface area contributed by atoms with Crippen molar-refractivity contribution in [3.05, 3.63) is 69.0 Å². The first-order chi connectivity index (χ1) is 8.99. The van der Waals surface area contributed by atoms with Crippen molar-refractivity contribution in [3.8, 4) is 0 Å². The first-order valence-corrected chi connectivity index (χ1v) is 6.61. The van der Waals surface area contributed by atoms with Crippen LogP contribution in [0.3, 0.4) is 0 Å². The molecule has 0 saturated heterocycles. The Labute approximate surface area is 121 Å². The number of benzene rings is 2. The lowest BCUT2D eigenvalue weighted by Gasteiger charge is -2.13. The van der Waals surface area contributed by atoms with E-state index in [1.165, 1.54) is 6.07 Å². The Morgan fingerprint density at radius 3 is 2.58 bits per heavy atom. The minimum absolute atomic E-state index is 0.0667. The summed E-state index contributed by atoms with van der Waals surface area (Å²) in [5, 5.41) is 10.9. The molecule has 1 unspecified atom stereocenters. The summed E-state index contributed by atoms with van der Waals surface area (Å²) >= 11 is 11.6. The molecule has 1 nitrogen and oxygen atoms in total. The molecule has 0 saturated carbocycles. The highest BCUT2D eigenvalue weighted by atomic mass is 35.5. The van der Waals surface area contributed by atoms with Gasteiger partial charge in [-0.3, -0.25) is 0 Å². The molecule has 19 heavy (non-hydrogen) atoms. The lowest BCUT2D eigenvalue weighted by molar-refractivity contribution is 0.177. The Morgan fingerprint density at radius 1 is 1.16 bits per heavy atom. The highest BCUT2D eigenvalue weighted by Gasteiger charge is 2.14. The Bertz CT molecular complexity index is 599. The van der Waals surface area contributed by atoms with Crippen molar-refractivity contribution in [1.29, 1.82) is 0 Å². The van der Waals surface area contributed by atoms with E-state index in [1.54, 1.807) is 30.3 Å². The van der Waals surface area contributed by atoms with Gasteiger partial charge in [-0.05, 0) is 35.7 Å². The fraction of sp³-hybridized carbons (Fsp3) is 0.200. The van der Waals surface area contributed by atoms with E-state index in [4.69, 9.17) is 23.2 Å². The Hall–Kier alpha value is -1.09. The number of aryl methyl sites for hydroxylation is 1. The van der Waals surface area contributed by atoms with Gasteiger partial charge >= 0.3 is 0 Å². The third kappa shape index (κ3) is 3.27. The summed E-state index contributed by atoms with van der Waals surface area (Å²) in [6.07, 6.45) is -0.614. The number of hydrogen-bond donors (Lipinski definition) is 1. The molecule has 0 radical (unpaired) electrons.